The summed E-state index contributed by atoms with van der Waals surface area (Å²) < 4.78 is 0. The maximum atomic E-state index is 10.8. The summed E-state index contributed by atoms with van der Waals surface area (Å²) in [4.78, 5) is 10.8. The molecule has 0 aromatic heterocycles. The Morgan fingerprint density at radius 2 is 2.20 bits per heavy atom. The summed E-state index contributed by atoms with van der Waals surface area (Å²) in [7, 11) is 0. The molecule has 15 heavy (non-hydrogen) atoms. The molecule has 3 nitrogen and oxygen atoms in total. The Balaban J connectivity index is 2.37. The molecule has 0 aliphatic heterocycles. The van der Waals surface area contributed by atoms with Gasteiger partial charge >= 0.3 is 0 Å². The number of carbonyl (C=O) groups excluding carboxylic acids is 1. The number of carboxylic acids is 1. The average Bonchev–Trinajstić information content (AvgIpc) is 2.52. The zero-order chi connectivity index (χ0) is 11.0. The lowest BCUT2D eigenvalue weighted by Crippen LogP contribution is -2.36. The first-order valence-electron chi connectivity index (χ1n) is 5.08. The van der Waals surface area contributed by atoms with Gasteiger partial charge in [0.2, 0.25) is 0 Å². The third-order valence-electron chi connectivity index (χ3n) is 3.17. The molecule has 1 N–H and O–H groups in total. The van der Waals surface area contributed by atoms with Crippen molar-refractivity contribution in [2.75, 3.05) is 0 Å². The number of benzene rings is 1. The normalized spacial score (nSPS) is 26.0. The van der Waals surface area contributed by atoms with E-state index in [-0.39, 0.29) is 5.92 Å². The van der Waals surface area contributed by atoms with Gasteiger partial charge in [-0.1, -0.05) is 31.2 Å². The molecular formula is C12H13O3-. The molecule has 0 heterocycles. The second-order valence-corrected chi connectivity index (χ2v) is 4.10. The average molecular weight is 205 g/mol. The predicted octanol–water partition coefficient (Wildman–Crippen LogP) is 0.0732. The first kappa shape index (κ1) is 10.2. The van der Waals surface area contributed by atoms with E-state index >= 15 is 0 Å². The van der Waals surface area contributed by atoms with Crippen LogP contribution in [0.3, 0.4) is 0 Å². The first-order chi connectivity index (χ1) is 7.11. The number of rotatable bonds is 2. The molecule has 3 heteroatoms. The van der Waals surface area contributed by atoms with Gasteiger partial charge in [-0.25, -0.2) is 0 Å². The van der Waals surface area contributed by atoms with Gasteiger partial charge in [0.15, 0.2) is 0 Å². The number of aliphatic hydroxyl groups excluding tert-OH is 1. The molecule has 2 rings (SSSR count). The van der Waals surface area contributed by atoms with E-state index < -0.39 is 18.0 Å². The van der Waals surface area contributed by atoms with Crippen LogP contribution in [0.2, 0.25) is 0 Å². The second kappa shape index (κ2) is 3.66. The first-order valence-corrected chi connectivity index (χ1v) is 5.08. The maximum absolute atomic E-state index is 10.8. The molecule has 0 radical (unpaired) electrons. The fourth-order valence-corrected chi connectivity index (χ4v) is 2.35. The van der Waals surface area contributed by atoms with E-state index in [1.165, 1.54) is 0 Å². The number of carboxylic acid groups (broad SMARTS) is 1. The van der Waals surface area contributed by atoms with Crippen LogP contribution in [0.25, 0.3) is 0 Å². The van der Waals surface area contributed by atoms with Gasteiger partial charge in [0.1, 0.15) is 0 Å². The molecule has 3 atom stereocenters. The maximum Gasteiger partial charge on any atom is 0.0655 e. The molecule has 0 spiro atoms. The third kappa shape index (κ3) is 1.63. The zero-order valence-corrected chi connectivity index (χ0v) is 8.51. The van der Waals surface area contributed by atoms with Gasteiger partial charge in [-0.05, 0) is 17.5 Å². The SMILES string of the molecule is CC(C(=O)[O-])C1c2ccccc2CC1O. The van der Waals surface area contributed by atoms with E-state index in [9.17, 15) is 15.0 Å². The molecule has 0 saturated heterocycles. The largest absolute Gasteiger partial charge is 0.550 e. The third-order valence-corrected chi connectivity index (χ3v) is 3.17. The fourth-order valence-electron chi connectivity index (χ4n) is 2.35. The molecule has 1 aliphatic rings. The minimum Gasteiger partial charge on any atom is -0.550 e. The quantitative estimate of drug-likeness (QED) is 0.743. The Hall–Kier alpha value is -1.35. The smallest absolute Gasteiger partial charge is 0.0655 e. The summed E-state index contributed by atoms with van der Waals surface area (Å²) in [6.45, 7) is 1.59. The molecular weight excluding hydrogens is 192 g/mol. The minimum atomic E-state index is -1.10. The topological polar surface area (TPSA) is 60.4 Å². The highest BCUT2D eigenvalue weighted by atomic mass is 16.4. The Bertz CT molecular complexity index is 386. The van der Waals surface area contributed by atoms with Crippen molar-refractivity contribution >= 4 is 5.97 Å². The van der Waals surface area contributed by atoms with Crippen molar-refractivity contribution in [1.29, 1.82) is 0 Å². The summed E-state index contributed by atoms with van der Waals surface area (Å²) >= 11 is 0. The van der Waals surface area contributed by atoms with E-state index in [2.05, 4.69) is 0 Å². The van der Waals surface area contributed by atoms with Gasteiger partial charge in [0.05, 0.1) is 6.10 Å². The van der Waals surface area contributed by atoms with Crippen LogP contribution in [0.15, 0.2) is 24.3 Å². The minimum absolute atomic E-state index is 0.328. The lowest BCUT2D eigenvalue weighted by molar-refractivity contribution is -0.312. The Labute approximate surface area is 88.4 Å². The highest BCUT2D eigenvalue weighted by molar-refractivity contribution is 5.69. The molecule has 3 unspecified atom stereocenters. The van der Waals surface area contributed by atoms with Crippen LogP contribution in [-0.4, -0.2) is 17.2 Å². The number of aliphatic carboxylic acids is 1. The van der Waals surface area contributed by atoms with Crippen LogP contribution in [-0.2, 0) is 11.2 Å². The summed E-state index contributed by atoms with van der Waals surface area (Å²) in [6.07, 6.45) is -0.0614. The van der Waals surface area contributed by atoms with Crippen molar-refractivity contribution in [3.05, 3.63) is 35.4 Å². The number of fused-ring (bicyclic) bond motifs is 1. The lowest BCUT2D eigenvalue weighted by atomic mass is 9.87. The second-order valence-electron chi connectivity index (χ2n) is 4.10. The van der Waals surface area contributed by atoms with Gasteiger partial charge < -0.3 is 15.0 Å². The zero-order valence-electron chi connectivity index (χ0n) is 8.51. The van der Waals surface area contributed by atoms with E-state index in [1.54, 1.807) is 6.92 Å². The highest BCUT2D eigenvalue weighted by Gasteiger charge is 2.34. The number of hydrogen-bond donors (Lipinski definition) is 1. The van der Waals surface area contributed by atoms with Crippen LogP contribution < -0.4 is 5.11 Å². The lowest BCUT2D eigenvalue weighted by Gasteiger charge is -2.24. The Morgan fingerprint density at radius 1 is 1.53 bits per heavy atom. The van der Waals surface area contributed by atoms with Crippen molar-refractivity contribution in [2.45, 2.75) is 25.4 Å². The van der Waals surface area contributed by atoms with Crippen molar-refractivity contribution < 1.29 is 15.0 Å². The molecule has 0 fully saturated rings. The Kier molecular flexibility index (Phi) is 2.49. The molecule has 1 aromatic carbocycles. The monoisotopic (exact) mass is 205 g/mol. The molecule has 0 bridgehead atoms. The number of aliphatic hydroxyl groups is 1. The summed E-state index contributed by atoms with van der Waals surface area (Å²) in [5.41, 5.74) is 1.99. The van der Waals surface area contributed by atoms with E-state index in [1.807, 2.05) is 24.3 Å². The van der Waals surface area contributed by atoms with Gasteiger partial charge in [0.25, 0.3) is 0 Å². The number of hydrogen-bond acceptors (Lipinski definition) is 3. The van der Waals surface area contributed by atoms with E-state index in [0.717, 1.165) is 11.1 Å². The highest BCUT2D eigenvalue weighted by Crippen LogP contribution is 2.38. The summed E-state index contributed by atoms with van der Waals surface area (Å²) in [5, 5.41) is 20.7. The van der Waals surface area contributed by atoms with E-state index in [0.29, 0.717) is 6.42 Å². The van der Waals surface area contributed by atoms with Gasteiger partial charge in [0, 0.05) is 17.8 Å². The summed E-state index contributed by atoms with van der Waals surface area (Å²) in [6, 6.07) is 7.58. The Morgan fingerprint density at radius 3 is 2.87 bits per heavy atom. The molecule has 0 saturated carbocycles. The van der Waals surface area contributed by atoms with Crippen molar-refractivity contribution in [2.24, 2.45) is 5.92 Å². The molecule has 0 amide bonds. The molecule has 1 aliphatic carbocycles. The van der Waals surface area contributed by atoms with Crippen LogP contribution in [0.1, 0.15) is 24.0 Å². The van der Waals surface area contributed by atoms with Crippen LogP contribution in [0.5, 0.6) is 0 Å². The van der Waals surface area contributed by atoms with Crippen LogP contribution in [0, 0.1) is 5.92 Å². The van der Waals surface area contributed by atoms with Gasteiger partial charge in [-0.2, -0.15) is 0 Å². The van der Waals surface area contributed by atoms with Crippen molar-refractivity contribution in [3.8, 4) is 0 Å². The van der Waals surface area contributed by atoms with Crippen LogP contribution in [0.4, 0.5) is 0 Å². The van der Waals surface area contributed by atoms with Crippen molar-refractivity contribution in [1.82, 2.24) is 0 Å². The van der Waals surface area contributed by atoms with E-state index in [4.69, 9.17) is 0 Å². The standard InChI is InChI=1S/C12H14O3/c1-7(12(14)15)11-9-5-3-2-4-8(9)6-10(11)13/h2-5,7,10-11,13H,6H2,1H3,(H,14,15)/p-1. The van der Waals surface area contributed by atoms with Gasteiger partial charge in [-0.3, -0.25) is 0 Å². The molecule has 1 aromatic rings. The summed E-state index contributed by atoms with van der Waals surface area (Å²) in [5.74, 6) is -2.08. The van der Waals surface area contributed by atoms with Crippen molar-refractivity contribution in [3.63, 3.8) is 0 Å². The van der Waals surface area contributed by atoms with Gasteiger partial charge in [-0.15, -0.1) is 0 Å². The fraction of sp³-hybridized carbons (Fsp3) is 0.417. The van der Waals surface area contributed by atoms with Crippen LogP contribution >= 0.6 is 0 Å². The number of carbonyl (C=O) groups is 1. The molecule has 80 valence electrons. The predicted molar refractivity (Wildman–Crippen MR) is 53.1 cm³/mol.